The number of rotatable bonds is 6. The number of carbonyl (C=O) groups is 1. The largest absolute Gasteiger partial charge is 0.482 e. The number of nitro groups is 1. The standard InChI is InChI=1S/C15H12ClNO6/c1-21-15(18)9-22-11-3-5-12(6-4-11)23-14-7-2-10(17(19)20)8-13(14)16/h2-8H,9H2,1H3. The third-order valence-electron chi connectivity index (χ3n) is 2.76. The molecule has 0 aliphatic heterocycles. The molecule has 2 aromatic carbocycles. The number of halogens is 1. The van der Waals surface area contributed by atoms with Crippen molar-refractivity contribution < 1.29 is 23.9 Å². The SMILES string of the molecule is COC(=O)COc1ccc(Oc2ccc([N+](=O)[O-])cc2Cl)cc1. The molecule has 0 N–H and O–H groups in total. The quantitative estimate of drug-likeness (QED) is 0.454. The highest BCUT2D eigenvalue weighted by molar-refractivity contribution is 6.32. The van der Waals surface area contributed by atoms with Gasteiger partial charge >= 0.3 is 5.97 Å². The first-order valence-electron chi connectivity index (χ1n) is 6.41. The molecular formula is C15H12ClNO6. The summed E-state index contributed by atoms with van der Waals surface area (Å²) in [4.78, 5) is 21.1. The van der Waals surface area contributed by atoms with E-state index in [0.717, 1.165) is 0 Å². The highest BCUT2D eigenvalue weighted by atomic mass is 35.5. The minimum absolute atomic E-state index is 0.117. The monoisotopic (exact) mass is 337 g/mol. The minimum atomic E-state index is -0.539. The van der Waals surface area contributed by atoms with Gasteiger partial charge in [0, 0.05) is 12.1 Å². The van der Waals surface area contributed by atoms with E-state index in [4.69, 9.17) is 21.1 Å². The van der Waals surface area contributed by atoms with E-state index in [1.54, 1.807) is 24.3 Å². The van der Waals surface area contributed by atoms with Gasteiger partial charge in [-0.1, -0.05) is 11.6 Å². The van der Waals surface area contributed by atoms with Crippen LogP contribution in [0, 0.1) is 10.1 Å². The molecule has 0 spiro atoms. The van der Waals surface area contributed by atoms with Gasteiger partial charge in [-0.2, -0.15) is 0 Å². The van der Waals surface area contributed by atoms with Crippen molar-refractivity contribution in [1.29, 1.82) is 0 Å². The van der Waals surface area contributed by atoms with E-state index in [1.165, 1.54) is 25.3 Å². The van der Waals surface area contributed by atoms with E-state index in [2.05, 4.69) is 4.74 Å². The number of hydrogen-bond acceptors (Lipinski definition) is 6. The van der Waals surface area contributed by atoms with Gasteiger partial charge in [0.2, 0.25) is 0 Å². The average molecular weight is 338 g/mol. The highest BCUT2D eigenvalue weighted by Crippen LogP contribution is 2.32. The molecule has 0 fully saturated rings. The van der Waals surface area contributed by atoms with Crippen LogP contribution in [0.2, 0.25) is 5.02 Å². The first-order valence-corrected chi connectivity index (χ1v) is 6.79. The molecule has 0 aliphatic rings. The third-order valence-corrected chi connectivity index (χ3v) is 3.06. The second-order valence-corrected chi connectivity index (χ2v) is 4.72. The van der Waals surface area contributed by atoms with Crippen LogP contribution in [-0.2, 0) is 9.53 Å². The number of non-ortho nitro benzene ring substituents is 1. The maximum absolute atomic E-state index is 11.0. The van der Waals surface area contributed by atoms with Crippen molar-refractivity contribution in [2.75, 3.05) is 13.7 Å². The van der Waals surface area contributed by atoms with E-state index < -0.39 is 10.9 Å². The molecule has 2 rings (SSSR count). The topological polar surface area (TPSA) is 87.9 Å². The van der Waals surface area contributed by atoms with Gasteiger partial charge in [0.05, 0.1) is 17.1 Å². The van der Waals surface area contributed by atoms with Crippen LogP contribution in [0.5, 0.6) is 17.2 Å². The number of methoxy groups -OCH3 is 1. The summed E-state index contributed by atoms with van der Waals surface area (Å²) in [6, 6.07) is 10.4. The van der Waals surface area contributed by atoms with E-state index in [9.17, 15) is 14.9 Å². The molecule has 7 nitrogen and oxygen atoms in total. The van der Waals surface area contributed by atoms with Crippen LogP contribution in [0.4, 0.5) is 5.69 Å². The fourth-order valence-corrected chi connectivity index (χ4v) is 1.83. The van der Waals surface area contributed by atoms with Crippen molar-refractivity contribution in [3.63, 3.8) is 0 Å². The summed E-state index contributed by atoms with van der Waals surface area (Å²) in [6.07, 6.45) is 0. The highest BCUT2D eigenvalue weighted by Gasteiger charge is 2.11. The molecule has 2 aromatic rings. The van der Waals surface area contributed by atoms with E-state index in [1.807, 2.05) is 0 Å². The molecule has 8 heteroatoms. The predicted molar refractivity (Wildman–Crippen MR) is 82.1 cm³/mol. The van der Waals surface area contributed by atoms with Gasteiger partial charge in [0.15, 0.2) is 6.61 Å². The number of hydrogen-bond donors (Lipinski definition) is 0. The maximum atomic E-state index is 11.0. The zero-order chi connectivity index (χ0) is 16.8. The lowest BCUT2D eigenvalue weighted by Gasteiger charge is -2.09. The van der Waals surface area contributed by atoms with Crippen LogP contribution < -0.4 is 9.47 Å². The van der Waals surface area contributed by atoms with Gasteiger partial charge in [-0.25, -0.2) is 4.79 Å². The first-order chi connectivity index (χ1) is 11.0. The Kier molecular flexibility index (Phi) is 5.37. The van der Waals surface area contributed by atoms with Gasteiger partial charge < -0.3 is 14.2 Å². The van der Waals surface area contributed by atoms with Crippen molar-refractivity contribution >= 4 is 23.3 Å². The van der Waals surface area contributed by atoms with E-state index >= 15 is 0 Å². The Bertz CT molecular complexity index is 716. The summed E-state index contributed by atoms with van der Waals surface area (Å²) in [5.41, 5.74) is -0.117. The molecule has 0 heterocycles. The molecule has 0 unspecified atom stereocenters. The van der Waals surface area contributed by atoms with Gasteiger partial charge in [-0.15, -0.1) is 0 Å². The Balaban J connectivity index is 2.03. The lowest BCUT2D eigenvalue weighted by molar-refractivity contribution is -0.384. The van der Waals surface area contributed by atoms with Crippen molar-refractivity contribution in [3.8, 4) is 17.2 Å². The Morgan fingerprint density at radius 3 is 2.39 bits per heavy atom. The molecule has 0 amide bonds. The number of benzene rings is 2. The van der Waals surface area contributed by atoms with Crippen molar-refractivity contribution in [2.45, 2.75) is 0 Å². The molecule has 0 aliphatic carbocycles. The summed E-state index contributed by atoms with van der Waals surface area (Å²) in [7, 11) is 1.27. The van der Waals surface area contributed by atoms with Crippen LogP contribution in [-0.4, -0.2) is 24.6 Å². The number of ether oxygens (including phenoxy) is 3. The lowest BCUT2D eigenvalue weighted by atomic mass is 10.3. The average Bonchev–Trinajstić information content (AvgIpc) is 2.55. The maximum Gasteiger partial charge on any atom is 0.343 e. The van der Waals surface area contributed by atoms with Gasteiger partial charge in [-0.3, -0.25) is 10.1 Å². The van der Waals surface area contributed by atoms with E-state index in [0.29, 0.717) is 17.2 Å². The lowest BCUT2D eigenvalue weighted by Crippen LogP contribution is -2.12. The zero-order valence-electron chi connectivity index (χ0n) is 12.0. The first kappa shape index (κ1) is 16.6. The molecule has 0 atom stereocenters. The molecule has 0 aromatic heterocycles. The molecule has 120 valence electrons. The fraction of sp³-hybridized carbons (Fsp3) is 0.133. The molecular weight excluding hydrogens is 326 g/mol. The van der Waals surface area contributed by atoms with Crippen molar-refractivity contribution in [1.82, 2.24) is 0 Å². The number of nitro benzene ring substituents is 1. The van der Waals surface area contributed by atoms with Gasteiger partial charge in [-0.05, 0) is 30.3 Å². The molecule has 0 saturated heterocycles. The summed E-state index contributed by atoms with van der Waals surface area (Å²) < 4.78 is 15.2. The van der Waals surface area contributed by atoms with Crippen LogP contribution in [0.3, 0.4) is 0 Å². The Hall–Kier alpha value is -2.80. The van der Waals surface area contributed by atoms with Crippen LogP contribution >= 0.6 is 11.6 Å². The number of nitrogens with zero attached hydrogens (tertiary/aromatic N) is 1. The van der Waals surface area contributed by atoms with Crippen molar-refractivity contribution in [2.24, 2.45) is 0 Å². The van der Waals surface area contributed by atoms with E-state index in [-0.39, 0.29) is 17.3 Å². The smallest absolute Gasteiger partial charge is 0.343 e. The Morgan fingerprint density at radius 2 is 1.83 bits per heavy atom. The van der Waals surface area contributed by atoms with Gasteiger partial charge in [0.1, 0.15) is 17.2 Å². The molecule has 23 heavy (non-hydrogen) atoms. The minimum Gasteiger partial charge on any atom is -0.482 e. The Morgan fingerprint density at radius 1 is 1.17 bits per heavy atom. The van der Waals surface area contributed by atoms with Crippen LogP contribution in [0.15, 0.2) is 42.5 Å². The van der Waals surface area contributed by atoms with Crippen LogP contribution in [0.1, 0.15) is 0 Å². The fourth-order valence-electron chi connectivity index (χ4n) is 1.62. The molecule has 0 saturated carbocycles. The second-order valence-electron chi connectivity index (χ2n) is 4.31. The van der Waals surface area contributed by atoms with Crippen molar-refractivity contribution in [3.05, 3.63) is 57.6 Å². The second kappa shape index (κ2) is 7.46. The molecule has 0 bridgehead atoms. The number of esters is 1. The van der Waals surface area contributed by atoms with Crippen LogP contribution in [0.25, 0.3) is 0 Å². The summed E-state index contributed by atoms with van der Waals surface area (Å²) in [5.74, 6) is 0.743. The Labute approximate surface area is 136 Å². The predicted octanol–water partition coefficient (Wildman–Crippen LogP) is 3.59. The summed E-state index contributed by atoms with van der Waals surface area (Å²) in [6.45, 7) is -0.190. The summed E-state index contributed by atoms with van der Waals surface area (Å²) >= 11 is 5.95. The molecule has 0 radical (unpaired) electrons. The number of carbonyl (C=O) groups excluding carboxylic acids is 1. The third kappa shape index (κ3) is 4.58. The zero-order valence-corrected chi connectivity index (χ0v) is 12.8. The normalized spacial score (nSPS) is 10.0. The summed E-state index contributed by atoms with van der Waals surface area (Å²) in [5, 5.41) is 10.8. The van der Waals surface area contributed by atoms with Gasteiger partial charge in [0.25, 0.3) is 5.69 Å².